The Kier molecular flexibility index (Phi) is 4.87. The number of carbonyl (C=O) groups excluding carboxylic acids is 3. The van der Waals surface area contributed by atoms with Gasteiger partial charge in [-0.15, -0.1) is 0 Å². The van der Waals surface area contributed by atoms with Gasteiger partial charge < -0.3 is 10.6 Å². The van der Waals surface area contributed by atoms with E-state index in [1.54, 1.807) is 5.32 Å². The second-order valence-electron chi connectivity index (χ2n) is 5.64. The summed E-state index contributed by atoms with van der Waals surface area (Å²) in [6.45, 7) is -1.15. The summed E-state index contributed by atoms with van der Waals surface area (Å²) in [5.74, 6) is -2.02. The number of nitrogens with zero attached hydrogens (tertiary/aromatic N) is 2. The molecule has 0 radical (unpaired) electrons. The number of hydrogen-bond acceptors (Lipinski definition) is 5. The van der Waals surface area contributed by atoms with Crippen LogP contribution in [0.5, 0.6) is 0 Å². The minimum absolute atomic E-state index is 0.222. The topological polar surface area (TPSA) is 122 Å². The van der Waals surface area contributed by atoms with E-state index in [0.29, 0.717) is 4.90 Å². The molecule has 2 N–H and O–H groups in total. The number of hydrogen-bond donors (Lipinski definition) is 2. The molecule has 1 aliphatic rings. The molecule has 140 valence electrons. The summed E-state index contributed by atoms with van der Waals surface area (Å²) in [6, 6.07) is 3.85. The average molecular weight is 374 g/mol. The molecule has 0 saturated carbocycles. The van der Waals surface area contributed by atoms with Gasteiger partial charge in [-0.05, 0) is 24.6 Å². The number of alkyl halides is 3. The minimum Gasteiger partial charge on any atom is -0.345 e. The van der Waals surface area contributed by atoms with E-state index in [-0.39, 0.29) is 11.3 Å². The lowest BCUT2D eigenvalue weighted by Crippen LogP contribution is -2.44. The predicted molar refractivity (Wildman–Crippen MR) is 79.8 cm³/mol. The van der Waals surface area contributed by atoms with Crippen molar-refractivity contribution < 1.29 is 32.5 Å². The molecule has 0 aromatic heterocycles. The molecule has 0 bridgehead atoms. The third-order valence-electron chi connectivity index (χ3n) is 3.72. The number of imide groups is 1. The second kappa shape index (κ2) is 6.61. The van der Waals surface area contributed by atoms with E-state index in [4.69, 9.17) is 0 Å². The number of non-ortho nitro benzene ring substituents is 1. The molecule has 1 saturated heterocycles. The van der Waals surface area contributed by atoms with E-state index < -0.39 is 47.6 Å². The molecule has 1 aromatic carbocycles. The first-order valence-corrected chi connectivity index (χ1v) is 7.16. The van der Waals surface area contributed by atoms with Crippen molar-refractivity contribution in [1.29, 1.82) is 0 Å². The van der Waals surface area contributed by atoms with Crippen molar-refractivity contribution in [3.63, 3.8) is 0 Å². The van der Waals surface area contributed by atoms with Crippen molar-refractivity contribution in [2.75, 3.05) is 13.1 Å². The third kappa shape index (κ3) is 3.90. The zero-order chi connectivity index (χ0) is 19.7. The summed E-state index contributed by atoms with van der Waals surface area (Å²) in [7, 11) is 0. The Morgan fingerprint density at radius 1 is 1.31 bits per heavy atom. The molecule has 1 fully saturated rings. The van der Waals surface area contributed by atoms with Gasteiger partial charge in [0.25, 0.3) is 11.6 Å². The van der Waals surface area contributed by atoms with Gasteiger partial charge in [-0.3, -0.25) is 24.6 Å². The summed E-state index contributed by atoms with van der Waals surface area (Å²) in [4.78, 5) is 46.5. The number of benzene rings is 1. The first-order chi connectivity index (χ1) is 11.9. The molecule has 9 nitrogen and oxygen atoms in total. The van der Waals surface area contributed by atoms with Gasteiger partial charge >= 0.3 is 12.2 Å². The van der Waals surface area contributed by atoms with Crippen LogP contribution in [0.1, 0.15) is 12.5 Å². The number of nitrogens with one attached hydrogen (secondary N) is 2. The Labute approximate surface area is 144 Å². The van der Waals surface area contributed by atoms with Gasteiger partial charge in [0, 0.05) is 12.1 Å². The van der Waals surface area contributed by atoms with Crippen LogP contribution in [0.2, 0.25) is 0 Å². The summed E-state index contributed by atoms with van der Waals surface area (Å²) >= 11 is 0. The van der Waals surface area contributed by atoms with Gasteiger partial charge in [0.05, 0.1) is 4.92 Å². The molecule has 1 atom stereocenters. The maximum atomic E-state index is 12.5. The largest absolute Gasteiger partial charge is 0.405 e. The van der Waals surface area contributed by atoms with E-state index in [9.17, 15) is 37.7 Å². The maximum absolute atomic E-state index is 12.5. The minimum atomic E-state index is -4.62. The van der Waals surface area contributed by atoms with Crippen LogP contribution < -0.4 is 10.6 Å². The highest BCUT2D eigenvalue weighted by molar-refractivity contribution is 6.09. The zero-order valence-electron chi connectivity index (χ0n) is 13.3. The summed E-state index contributed by atoms with van der Waals surface area (Å²) in [5.41, 5.74) is -1.60. The number of urea groups is 1. The molecule has 0 aliphatic carbocycles. The van der Waals surface area contributed by atoms with E-state index in [1.165, 1.54) is 19.1 Å². The monoisotopic (exact) mass is 374 g/mol. The predicted octanol–water partition coefficient (Wildman–Crippen LogP) is 1.04. The fourth-order valence-corrected chi connectivity index (χ4v) is 2.35. The molecule has 1 heterocycles. The van der Waals surface area contributed by atoms with E-state index >= 15 is 0 Å². The highest BCUT2D eigenvalue weighted by atomic mass is 19.4. The van der Waals surface area contributed by atoms with Crippen molar-refractivity contribution in [1.82, 2.24) is 15.5 Å². The summed E-state index contributed by atoms with van der Waals surface area (Å²) < 4.78 is 36.3. The molecule has 1 aromatic rings. The standard InChI is InChI=1S/C14H13F3N4O5/c1-13(8-2-4-9(5-3-8)21(25)26)11(23)20(12(24)19-13)6-10(22)18-7-14(15,16)17/h2-5H,6-7H2,1H3,(H,18,22)(H,19,24). The first-order valence-electron chi connectivity index (χ1n) is 7.16. The molecule has 1 aliphatic heterocycles. The quantitative estimate of drug-likeness (QED) is 0.453. The van der Waals surface area contributed by atoms with E-state index in [0.717, 1.165) is 12.1 Å². The molecule has 12 heteroatoms. The van der Waals surface area contributed by atoms with Crippen LogP contribution in [0.4, 0.5) is 23.7 Å². The lowest BCUT2D eigenvalue weighted by atomic mass is 9.92. The van der Waals surface area contributed by atoms with Crippen molar-refractivity contribution in [3.05, 3.63) is 39.9 Å². The number of carbonyl (C=O) groups is 3. The van der Waals surface area contributed by atoms with Crippen LogP contribution in [-0.4, -0.2) is 46.9 Å². The zero-order valence-corrected chi connectivity index (χ0v) is 13.3. The average Bonchev–Trinajstić information content (AvgIpc) is 2.77. The normalized spacial score (nSPS) is 20.1. The first kappa shape index (κ1) is 19.1. The van der Waals surface area contributed by atoms with Gasteiger partial charge in [-0.25, -0.2) is 4.79 Å². The fourth-order valence-electron chi connectivity index (χ4n) is 2.35. The number of amides is 4. The van der Waals surface area contributed by atoms with Gasteiger partial charge in [-0.1, -0.05) is 0 Å². The van der Waals surface area contributed by atoms with E-state index in [1.807, 2.05) is 0 Å². The summed E-state index contributed by atoms with van der Waals surface area (Å²) in [6.07, 6.45) is -4.62. The lowest BCUT2D eigenvalue weighted by Gasteiger charge is -2.22. The van der Waals surface area contributed by atoms with Crippen LogP contribution in [0.25, 0.3) is 0 Å². The summed E-state index contributed by atoms with van der Waals surface area (Å²) in [5, 5.41) is 14.6. The van der Waals surface area contributed by atoms with Gasteiger partial charge in [-0.2, -0.15) is 13.2 Å². The van der Waals surface area contributed by atoms with Crippen molar-refractivity contribution in [2.24, 2.45) is 0 Å². The molecule has 4 amide bonds. The van der Waals surface area contributed by atoms with Crippen LogP contribution >= 0.6 is 0 Å². The maximum Gasteiger partial charge on any atom is 0.405 e. The molecule has 26 heavy (non-hydrogen) atoms. The Balaban J connectivity index is 2.14. The van der Waals surface area contributed by atoms with Crippen LogP contribution in [0, 0.1) is 10.1 Å². The van der Waals surface area contributed by atoms with Crippen LogP contribution in [-0.2, 0) is 15.1 Å². The number of nitro groups is 1. The molecule has 0 spiro atoms. The number of halogens is 3. The van der Waals surface area contributed by atoms with Crippen molar-refractivity contribution in [2.45, 2.75) is 18.6 Å². The fraction of sp³-hybridized carbons (Fsp3) is 0.357. The SMILES string of the molecule is CC1(c2ccc([N+](=O)[O-])cc2)NC(=O)N(CC(=O)NCC(F)(F)F)C1=O. The highest BCUT2D eigenvalue weighted by Crippen LogP contribution is 2.29. The van der Waals surface area contributed by atoms with Crippen molar-refractivity contribution in [3.8, 4) is 0 Å². The Morgan fingerprint density at radius 3 is 2.38 bits per heavy atom. The third-order valence-corrected chi connectivity index (χ3v) is 3.72. The lowest BCUT2D eigenvalue weighted by molar-refractivity contribution is -0.384. The van der Waals surface area contributed by atoms with Crippen LogP contribution in [0.3, 0.4) is 0 Å². The number of rotatable bonds is 5. The van der Waals surface area contributed by atoms with E-state index in [2.05, 4.69) is 5.32 Å². The smallest absolute Gasteiger partial charge is 0.345 e. The highest BCUT2D eigenvalue weighted by Gasteiger charge is 2.49. The Bertz CT molecular complexity index is 765. The molecular weight excluding hydrogens is 361 g/mol. The molecule has 1 unspecified atom stereocenters. The van der Waals surface area contributed by atoms with Gasteiger partial charge in [0.1, 0.15) is 18.6 Å². The number of nitro benzene ring substituents is 1. The Morgan fingerprint density at radius 2 is 1.88 bits per heavy atom. The van der Waals surface area contributed by atoms with Gasteiger partial charge in [0.2, 0.25) is 5.91 Å². The van der Waals surface area contributed by atoms with Gasteiger partial charge in [0.15, 0.2) is 0 Å². The van der Waals surface area contributed by atoms with Crippen LogP contribution in [0.15, 0.2) is 24.3 Å². The van der Waals surface area contributed by atoms with Crippen molar-refractivity contribution >= 4 is 23.5 Å². The molecule has 2 rings (SSSR count). The molecular formula is C14H13F3N4O5. The Hall–Kier alpha value is -3.18. The second-order valence-corrected chi connectivity index (χ2v) is 5.64.